The van der Waals surface area contributed by atoms with Crippen molar-refractivity contribution in [1.29, 1.82) is 0 Å². The van der Waals surface area contributed by atoms with Crippen molar-refractivity contribution in [2.24, 2.45) is 0 Å². The van der Waals surface area contributed by atoms with Gasteiger partial charge < -0.3 is 25.6 Å². The Hall–Kier alpha value is -3.74. The highest BCUT2D eigenvalue weighted by molar-refractivity contribution is 7.89. The third-order valence-corrected chi connectivity index (χ3v) is 7.90. The first kappa shape index (κ1) is 25.9. The number of para-hydroxylation sites is 1. The van der Waals surface area contributed by atoms with Crippen molar-refractivity contribution in [2.45, 2.75) is 31.2 Å². The molecule has 0 bridgehead atoms. The molecule has 12 heteroatoms. The van der Waals surface area contributed by atoms with Gasteiger partial charge in [-0.2, -0.15) is 9.97 Å². The lowest BCUT2D eigenvalue weighted by Gasteiger charge is -2.26. The summed E-state index contributed by atoms with van der Waals surface area (Å²) in [5.74, 6) is 1.53. The molecule has 2 aliphatic heterocycles. The molecule has 5 rings (SSSR count). The van der Waals surface area contributed by atoms with Crippen LogP contribution in [0.5, 0.6) is 0 Å². The molecule has 1 aromatic heterocycles. The van der Waals surface area contributed by atoms with Crippen LogP contribution in [0.25, 0.3) is 0 Å². The van der Waals surface area contributed by atoms with Gasteiger partial charge in [0, 0.05) is 42.5 Å². The molecule has 200 valence electrons. The van der Waals surface area contributed by atoms with Crippen molar-refractivity contribution in [3.8, 4) is 0 Å². The van der Waals surface area contributed by atoms with E-state index in [-0.39, 0.29) is 16.8 Å². The van der Waals surface area contributed by atoms with Gasteiger partial charge in [0.1, 0.15) is 16.5 Å². The fraction of sp³-hybridized carbons (Fsp3) is 0.346. The number of amides is 1. The summed E-state index contributed by atoms with van der Waals surface area (Å²) in [6.45, 7) is 6.53. The van der Waals surface area contributed by atoms with Gasteiger partial charge in [-0.25, -0.2) is 13.1 Å². The molecule has 11 nitrogen and oxygen atoms in total. The molecule has 1 saturated heterocycles. The van der Waals surface area contributed by atoms with E-state index >= 15 is 0 Å². The van der Waals surface area contributed by atoms with Gasteiger partial charge in [0.25, 0.3) is 5.91 Å². The Morgan fingerprint density at radius 1 is 1.03 bits per heavy atom. The average Bonchev–Trinajstić information content (AvgIpc) is 3.38. The Morgan fingerprint density at radius 3 is 2.50 bits per heavy atom. The third-order valence-electron chi connectivity index (χ3n) is 6.18. The van der Waals surface area contributed by atoms with Crippen molar-refractivity contribution in [3.63, 3.8) is 0 Å². The molecule has 0 spiro atoms. The maximum absolute atomic E-state index is 12.9. The number of sulfonamides is 1. The van der Waals surface area contributed by atoms with Crippen LogP contribution in [0.1, 0.15) is 29.8 Å². The second-order valence-corrected chi connectivity index (χ2v) is 11.1. The van der Waals surface area contributed by atoms with Crippen LogP contribution in [0.3, 0.4) is 0 Å². The second kappa shape index (κ2) is 10.9. The van der Waals surface area contributed by atoms with Crippen molar-refractivity contribution < 1.29 is 17.9 Å². The van der Waals surface area contributed by atoms with Crippen LogP contribution in [0, 0.1) is 0 Å². The predicted molar refractivity (Wildman–Crippen MR) is 146 cm³/mol. The Kier molecular flexibility index (Phi) is 7.45. The topological polar surface area (TPSA) is 138 Å². The molecule has 4 N–H and O–H groups in total. The quantitative estimate of drug-likeness (QED) is 0.342. The Morgan fingerprint density at radius 2 is 1.76 bits per heavy atom. The van der Waals surface area contributed by atoms with E-state index in [0.717, 1.165) is 11.3 Å². The number of anilines is 5. The highest BCUT2D eigenvalue weighted by atomic mass is 32.2. The minimum Gasteiger partial charge on any atom is -0.378 e. The van der Waals surface area contributed by atoms with E-state index < -0.39 is 10.0 Å². The lowest BCUT2D eigenvalue weighted by molar-refractivity contribution is 0.0303. The number of rotatable bonds is 8. The van der Waals surface area contributed by atoms with Gasteiger partial charge in [-0.3, -0.25) is 4.79 Å². The van der Waals surface area contributed by atoms with Crippen LogP contribution in [0.4, 0.5) is 29.0 Å². The number of nitrogens with one attached hydrogen (secondary N) is 4. The SMILES string of the molecule is CC(C)NS(=O)(=O)c1ccccc1Nc1nc(Nc2ccc(C(=O)N3CCOCC3)cc2)nc2c1CCN2. The monoisotopic (exact) mass is 537 g/mol. The van der Waals surface area contributed by atoms with Crippen molar-refractivity contribution >= 4 is 44.9 Å². The molecule has 3 aromatic rings. The maximum atomic E-state index is 12.9. The number of fused-ring (bicyclic) bond motifs is 1. The number of hydrogen-bond acceptors (Lipinski definition) is 9. The van der Waals surface area contributed by atoms with Gasteiger partial charge in [-0.1, -0.05) is 12.1 Å². The molecule has 1 amide bonds. The zero-order valence-electron chi connectivity index (χ0n) is 21.3. The van der Waals surface area contributed by atoms with Crippen LogP contribution in [-0.4, -0.2) is 68.1 Å². The van der Waals surface area contributed by atoms with E-state index in [9.17, 15) is 13.2 Å². The first-order valence-electron chi connectivity index (χ1n) is 12.6. The summed E-state index contributed by atoms with van der Waals surface area (Å²) in [7, 11) is -3.73. The van der Waals surface area contributed by atoms with Crippen LogP contribution in [0.2, 0.25) is 0 Å². The summed E-state index contributed by atoms with van der Waals surface area (Å²) in [5.41, 5.74) is 2.62. The molecule has 2 aliphatic rings. The molecule has 0 saturated carbocycles. The van der Waals surface area contributed by atoms with Gasteiger partial charge in [-0.15, -0.1) is 0 Å². The van der Waals surface area contributed by atoms with Crippen LogP contribution >= 0.6 is 0 Å². The first-order chi connectivity index (χ1) is 18.3. The maximum Gasteiger partial charge on any atom is 0.254 e. The Balaban J connectivity index is 1.38. The molecular formula is C26H31N7O4S. The zero-order chi connectivity index (χ0) is 26.7. The highest BCUT2D eigenvalue weighted by Crippen LogP contribution is 2.32. The van der Waals surface area contributed by atoms with Gasteiger partial charge in [-0.05, 0) is 56.7 Å². The van der Waals surface area contributed by atoms with Crippen LogP contribution < -0.4 is 20.7 Å². The molecule has 38 heavy (non-hydrogen) atoms. The van der Waals surface area contributed by atoms with Crippen LogP contribution in [0.15, 0.2) is 53.4 Å². The van der Waals surface area contributed by atoms with Crippen LogP contribution in [-0.2, 0) is 21.2 Å². The molecular weight excluding hydrogens is 506 g/mol. The molecule has 0 unspecified atom stereocenters. The number of morpholine rings is 1. The fourth-order valence-corrected chi connectivity index (χ4v) is 5.83. The predicted octanol–water partition coefficient (Wildman–Crippen LogP) is 3.09. The lowest BCUT2D eigenvalue weighted by Crippen LogP contribution is -2.40. The van der Waals surface area contributed by atoms with Crippen molar-refractivity contribution in [2.75, 3.05) is 48.8 Å². The number of carbonyl (C=O) groups is 1. The number of carbonyl (C=O) groups excluding carboxylic acids is 1. The third kappa shape index (κ3) is 5.72. The summed E-state index contributed by atoms with van der Waals surface area (Å²) in [5, 5.41) is 9.69. The molecule has 2 aromatic carbocycles. The molecule has 3 heterocycles. The number of hydrogen-bond donors (Lipinski definition) is 4. The number of benzene rings is 2. The summed E-state index contributed by atoms with van der Waals surface area (Å²) < 4.78 is 33.8. The highest BCUT2D eigenvalue weighted by Gasteiger charge is 2.24. The molecule has 0 aliphatic carbocycles. The van der Waals surface area contributed by atoms with E-state index in [4.69, 9.17) is 4.74 Å². The second-order valence-electron chi connectivity index (χ2n) is 9.40. The number of ether oxygens (including phenoxy) is 1. The van der Waals surface area contributed by atoms with Gasteiger partial charge in [0.15, 0.2) is 0 Å². The van der Waals surface area contributed by atoms with Gasteiger partial charge in [0.05, 0.1) is 18.9 Å². The minimum absolute atomic E-state index is 0.0232. The fourth-order valence-electron chi connectivity index (χ4n) is 4.41. The normalized spacial score (nSPS) is 15.2. The summed E-state index contributed by atoms with van der Waals surface area (Å²) in [4.78, 5) is 23.9. The van der Waals surface area contributed by atoms with Crippen molar-refractivity contribution in [1.82, 2.24) is 19.6 Å². The van der Waals surface area contributed by atoms with E-state index in [1.165, 1.54) is 0 Å². The van der Waals surface area contributed by atoms with E-state index in [1.54, 1.807) is 55.1 Å². The lowest BCUT2D eigenvalue weighted by atomic mass is 10.1. The summed E-state index contributed by atoms with van der Waals surface area (Å²) in [6, 6.07) is 13.7. The molecule has 0 radical (unpaired) electrons. The van der Waals surface area contributed by atoms with Gasteiger partial charge in [0.2, 0.25) is 16.0 Å². The first-order valence-corrected chi connectivity index (χ1v) is 14.1. The summed E-state index contributed by atoms with van der Waals surface area (Å²) >= 11 is 0. The molecule has 1 fully saturated rings. The van der Waals surface area contributed by atoms with E-state index in [2.05, 4.69) is 30.6 Å². The summed E-state index contributed by atoms with van der Waals surface area (Å²) in [6.07, 6.45) is 0.704. The largest absolute Gasteiger partial charge is 0.378 e. The standard InChI is InChI=1S/C26H31N7O4S/c1-17(2)32-38(35,36)22-6-4-3-5-21(22)29-24-20-11-12-27-23(20)30-26(31-24)28-19-9-7-18(8-10-19)25(34)33-13-15-37-16-14-33/h3-10,17,32H,11-16H2,1-2H3,(H3,27,28,29,30,31). The smallest absolute Gasteiger partial charge is 0.254 e. The Labute approximate surface area is 222 Å². The van der Waals surface area contributed by atoms with Gasteiger partial charge >= 0.3 is 0 Å². The van der Waals surface area contributed by atoms with Crippen molar-refractivity contribution in [3.05, 3.63) is 59.7 Å². The zero-order valence-corrected chi connectivity index (χ0v) is 22.1. The van der Waals surface area contributed by atoms with E-state index in [1.807, 2.05) is 12.1 Å². The Bertz CT molecular complexity index is 1420. The number of nitrogens with zero attached hydrogens (tertiary/aromatic N) is 3. The molecule has 0 atom stereocenters. The minimum atomic E-state index is -3.73. The average molecular weight is 538 g/mol. The van der Waals surface area contributed by atoms with E-state index in [0.29, 0.717) is 68.1 Å². The number of aromatic nitrogens is 2.